The second-order valence-corrected chi connectivity index (χ2v) is 4.99. The van der Waals surface area contributed by atoms with Crippen molar-refractivity contribution in [3.8, 4) is 0 Å². The SMILES string of the molecule is Cc1cc(C(=O)N2CCOCC2CBr)ccc1F. The van der Waals surface area contributed by atoms with Crippen LogP contribution in [-0.2, 0) is 4.74 Å². The van der Waals surface area contributed by atoms with Gasteiger partial charge in [-0.3, -0.25) is 4.79 Å². The van der Waals surface area contributed by atoms with Crippen molar-refractivity contribution in [1.82, 2.24) is 4.90 Å². The van der Waals surface area contributed by atoms with Gasteiger partial charge in [0.25, 0.3) is 5.91 Å². The van der Waals surface area contributed by atoms with Crippen molar-refractivity contribution in [2.45, 2.75) is 13.0 Å². The quantitative estimate of drug-likeness (QED) is 0.784. The first-order valence-electron chi connectivity index (χ1n) is 5.84. The zero-order valence-corrected chi connectivity index (χ0v) is 11.7. The summed E-state index contributed by atoms with van der Waals surface area (Å²) in [6, 6.07) is 4.51. The van der Waals surface area contributed by atoms with Crippen molar-refractivity contribution in [2.24, 2.45) is 0 Å². The molecular formula is C13H15BrFNO2. The number of halogens is 2. The molecule has 1 saturated heterocycles. The average Bonchev–Trinajstić information content (AvgIpc) is 2.41. The van der Waals surface area contributed by atoms with E-state index in [0.717, 1.165) is 0 Å². The van der Waals surface area contributed by atoms with Crippen molar-refractivity contribution in [1.29, 1.82) is 0 Å². The number of carbonyl (C=O) groups is 1. The van der Waals surface area contributed by atoms with Crippen LogP contribution in [0.4, 0.5) is 4.39 Å². The highest BCUT2D eigenvalue weighted by atomic mass is 79.9. The van der Waals surface area contributed by atoms with Crippen molar-refractivity contribution in [2.75, 3.05) is 25.1 Å². The van der Waals surface area contributed by atoms with Crippen LogP contribution in [0.1, 0.15) is 15.9 Å². The van der Waals surface area contributed by atoms with Gasteiger partial charge in [0.1, 0.15) is 5.82 Å². The Bertz CT molecular complexity index is 453. The molecule has 5 heteroatoms. The Hall–Kier alpha value is -0.940. The predicted octanol–water partition coefficient (Wildman–Crippen LogP) is 2.37. The third-order valence-electron chi connectivity index (χ3n) is 3.07. The van der Waals surface area contributed by atoms with Gasteiger partial charge in [-0.25, -0.2) is 4.39 Å². The molecule has 0 aromatic heterocycles. The van der Waals surface area contributed by atoms with Crippen LogP contribution in [0.15, 0.2) is 18.2 Å². The zero-order chi connectivity index (χ0) is 13.1. The Morgan fingerprint density at radius 2 is 2.39 bits per heavy atom. The molecule has 1 fully saturated rings. The number of morpholine rings is 1. The third kappa shape index (κ3) is 2.72. The molecule has 1 aliphatic rings. The van der Waals surface area contributed by atoms with Crippen LogP contribution in [-0.4, -0.2) is 41.9 Å². The summed E-state index contributed by atoms with van der Waals surface area (Å²) >= 11 is 3.38. The maximum Gasteiger partial charge on any atom is 0.254 e. The Morgan fingerprint density at radius 3 is 3.06 bits per heavy atom. The van der Waals surface area contributed by atoms with Crippen LogP contribution in [0.3, 0.4) is 0 Å². The number of amides is 1. The average molecular weight is 316 g/mol. The van der Waals surface area contributed by atoms with Gasteiger partial charge in [0.15, 0.2) is 0 Å². The Balaban J connectivity index is 2.21. The Labute approximate surface area is 114 Å². The summed E-state index contributed by atoms with van der Waals surface area (Å²) < 4.78 is 18.5. The highest BCUT2D eigenvalue weighted by Gasteiger charge is 2.27. The second kappa shape index (κ2) is 5.80. The normalized spacial score (nSPS) is 19.9. The van der Waals surface area contributed by atoms with E-state index in [1.54, 1.807) is 17.9 Å². The van der Waals surface area contributed by atoms with E-state index in [1.807, 2.05) is 0 Å². The fourth-order valence-corrected chi connectivity index (χ4v) is 2.53. The summed E-state index contributed by atoms with van der Waals surface area (Å²) in [5.41, 5.74) is 1.02. The van der Waals surface area contributed by atoms with Crippen molar-refractivity contribution < 1.29 is 13.9 Å². The Kier molecular flexibility index (Phi) is 4.35. The second-order valence-electron chi connectivity index (χ2n) is 4.35. The number of benzene rings is 1. The summed E-state index contributed by atoms with van der Waals surface area (Å²) in [7, 11) is 0. The molecule has 3 nitrogen and oxygen atoms in total. The van der Waals surface area contributed by atoms with Crippen LogP contribution in [0.2, 0.25) is 0 Å². The molecular weight excluding hydrogens is 301 g/mol. The van der Waals surface area contributed by atoms with Crippen molar-refractivity contribution in [3.63, 3.8) is 0 Å². The number of ether oxygens (including phenoxy) is 1. The molecule has 0 N–H and O–H groups in total. The lowest BCUT2D eigenvalue weighted by atomic mass is 10.1. The monoisotopic (exact) mass is 315 g/mol. The maximum atomic E-state index is 13.2. The standard InChI is InChI=1S/C13H15BrFNO2/c1-9-6-10(2-3-12(9)15)13(17)16-4-5-18-8-11(16)7-14/h2-3,6,11H,4-5,7-8H2,1H3. The highest BCUT2D eigenvalue weighted by molar-refractivity contribution is 9.09. The van der Waals surface area contributed by atoms with Gasteiger partial charge in [0, 0.05) is 17.4 Å². The van der Waals surface area contributed by atoms with Gasteiger partial charge >= 0.3 is 0 Å². The van der Waals surface area contributed by atoms with Crippen molar-refractivity contribution >= 4 is 21.8 Å². The minimum atomic E-state index is -0.287. The van der Waals surface area contributed by atoms with E-state index in [0.29, 0.717) is 36.2 Å². The first kappa shape index (κ1) is 13.5. The summed E-state index contributed by atoms with van der Waals surface area (Å²) in [4.78, 5) is 14.1. The van der Waals surface area contributed by atoms with Gasteiger partial charge in [-0.15, -0.1) is 0 Å². The summed E-state index contributed by atoms with van der Waals surface area (Å²) in [5, 5.41) is 0.679. The first-order chi connectivity index (χ1) is 8.63. The number of aryl methyl sites for hydroxylation is 1. The van der Waals surface area contributed by atoms with E-state index < -0.39 is 0 Å². The van der Waals surface area contributed by atoms with Gasteiger partial charge in [-0.1, -0.05) is 15.9 Å². The highest BCUT2D eigenvalue weighted by Crippen LogP contribution is 2.16. The number of nitrogens with zero attached hydrogens (tertiary/aromatic N) is 1. The lowest BCUT2D eigenvalue weighted by Gasteiger charge is -2.34. The minimum absolute atomic E-state index is 0.0385. The predicted molar refractivity (Wildman–Crippen MR) is 70.6 cm³/mol. The molecule has 1 aromatic rings. The summed E-state index contributed by atoms with van der Waals surface area (Å²) in [6.07, 6.45) is 0. The molecule has 0 saturated carbocycles. The molecule has 1 aliphatic heterocycles. The van der Waals surface area contributed by atoms with Crippen LogP contribution >= 0.6 is 15.9 Å². The fourth-order valence-electron chi connectivity index (χ4n) is 1.99. The fraction of sp³-hybridized carbons (Fsp3) is 0.462. The van der Waals surface area contributed by atoms with Gasteiger partial charge in [-0.2, -0.15) is 0 Å². The molecule has 1 amide bonds. The lowest BCUT2D eigenvalue weighted by molar-refractivity contribution is 0.00524. The third-order valence-corrected chi connectivity index (χ3v) is 3.82. The van der Waals surface area contributed by atoms with Crippen LogP contribution in [0, 0.1) is 12.7 Å². The summed E-state index contributed by atoms with van der Waals surface area (Å²) in [6.45, 7) is 3.32. The van der Waals surface area contributed by atoms with E-state index in [9.17, 15) is 9.18 Å². The summed E-state index contributed by atoms with van der Waals surface area (Å²) in [5.74, 6) is -0.351. The lowest BCUT2D eigenvalue weighted by Crippen LogP contribution is -2.49. The van der Waals surface area contributed by atoms with E-state index in [4.69, 9.17) is 4.74 Å². The molecule has 18 heavy (non-hydrogen) atoms. The van der Waals surface area contributed by atoms with E-state index in [1.165, 1.54) is 12.1 Å². The molecule has 2 rings (SSSR count). The molecule has 0 radical (unpaired) electrons. The Morgan fingerprint density at radius 1 is 1.61 bits per heavy atom. The molecule has 1 atom stereocenters. The van der Waals surface area contributed by atoms with Gasteiger partial charge in [0.05, 0.1) is 19.3 Å². The topological polar surface area (TPSA) is 29.5 Å². The number of hydrogen-bond donors (Lipinski definition) is 0. The van der Waals surface area contributed by atoms with Gasteiger partial charge < -0.3 is 9.64 Å². The maximum absolute atomic E-state index is 13.2. The minimum Gasteiger partial charge on any atom is -0.377 e. The number of carbonyl (C=O) groups excluding carboxylic acids is 1. The molecule has 98 valence electrons. The van der Waals surface area contributed by atoms with E-state index in [2.05, 4.69) is 15.9 Å². The smallest absolute Gasteiger partial charge is 0.254 e. The zero-order valence-electron chi connectivity index (χ0n) is 10.2. The van der Waals surface area contributed by atoms with Crippen LogP contribution < -0.4 is 0 Å². The van der Waals surface area contributed by atoms with Crippen LogP contribution in [0.5, 0.6) is 0 Å². The number of rotatable bonds is 2. The van der Waals surface area contributed by atoms with Gasteiger partial charge in [0.2, 0.25) is 0 Å². The number of alkyl halides is 1. The first-order valence-corrected chi connectivity index (χ1v) is 6.96. The largest absolute Gasteiger partial charge is 0.377 e. The van der Waals surface area contributed by atoms with E-state index in [-0.39, 0.29) is 17.8 Å². The van der Waals surface area contributed by atoms with E-state index >= 15 is 0 Å². The molecule has 0 aliphatic carbocycles. The number of hydrogen-bond acceptors (Lipinski definition) is 2. The van der Waals surface area contributed by atoms with Gasteiger partial charge in [-0.05, 0) is 30.7 Å². The molecule has 1 aromatic carbocycles. The molecule has 1 unspecified atom stereocenters. The molecule has 0 bridgehead atoms. The molecule has 1 heterocycles. The van der Waals surface area contributed by atoms with Crippen LogP contribution in [0.25, 0.3) is 0 Å². The molecule has 0 spiro atoms. The van der Waals surface area contributed by atoms with Crippen molar-refractivity contribution in [3.05, 3.63) is 35.1 Å².